The third-order valence-electron chi connectivity index (χ3n) is 5.62. The summed E-state index contributed by atoms with van der Waals surface area (Å²) in [4.78, 5) is 53.5. The molecule has 180 valence electrons. The molecular formula is C20H16N2O10S2-2. The molecule has 4 amide bonds. The molecule has 0 radical (unpaired) electrons. The summed E-state index contributed by atoms with van der Waals surface area (Å²) >= 11 is 0. The number of rotatable bonds is 8. The molecule has 34 heavy (non-hydrogen) atoms. The average Bonchev–Trinajstić information content (AvgIpc) is 2.73. The first-order chi connectivity index (χ1) is 15.8. The summed E-state index contributed by atoms with van der Waals surface area (Å²) in [5.41, 5.74) is 0.136. The smallest absolute Gasteiger partial charge is 0.261 e. The van der Waals surface area contributed by atoms with Crippen LogP contribution in [0.4, 0.5) is 0 Å². The minimum absolute atomic E-state index is 0.0340. The van der Waals surface area contributed by atoms with Crippen molar-refractivity contribution in [1.82, 2.24) is 9.80 Å². The summed E-state index contributed by atoms with van der Waals surface area (Å²) in [6, 6.07) is 5.24. The van der Waals surface area contributed by atoms with Gasteiger partial charge in [-0.15, -0.1) is 0 Å². The zero-order valence-corrected chi connectivity index (χ0v) is 19.0. The van der Waals surface area contributed by atoms with Crippen molar-refractivity contribution in [3.05, 3.63) is 46.5 Å². The van der Waals surface area contributed by atoms with E-state index >= 15 is 0 Å². The molecule has 2 heterocycles. The maximum absolute atomic E-state index is 13.0. The van der Waals surface area contributed by atoms with Gasteiger partial charge in [0.25, 0.3) is 23.6 Å². The van der Waals surface area contributed by atoms with Gasteiger partial charge in [0.15, 0.2) is 0 Å². The Balaban J connectivity index is 1.72. The molecule has 0 bridgehead atoms. The fraction of sp³-hybridized carbons (Fsp3) is 0.300. The Bertz CT molecular complexity index is 1310. The number of nitrogens with zero attached hydrogens (tertiary/aromatic N) is 2. The third kappa shape index (κ3) is 4.20. The molecule has 0 spiro atoms. The summed E-state index contributed by atoms with van der Waals surface area (Å²) in [6.07, 6.45) is -0.494. The van der Waals surface area contributed by atoms with Gasteiger partial charge in [0.05, 0.1) is 20.2 Å². The fourth-order valence-corrected chi connectivity index (χ4v) is 5.14. The van der Waals surface area contributed by atoms with Crippen molar-refractivity contribution in [2.24, 2.45) is 0 Å². The summed E-state index contributed by atoms with van der Waals surface area (Å²) in [5.74, 6) is -4.53. The van der Waals surface area contributed by atoms with Crippen molar-refractivity contribution < 1.29 is 45.1 Å². The highest BCUT2D eigenvalue weighted by molar-refractivity contribution is 7.85. The van der Waals surface area contributed by atoms with Crippen LogP contribution in [0.25, 0.3) is 10.8 Å². The highest BCUT2D eigenvalue weighted by Gasteiger charge is 2.39. The molecule has 0 fully saturated rings. The van der Waals surface area contributed by atoms with Gasteiger partial charge >= 0.3 is 0 Å². The van der Waals surface area contributed by atoms with Crippen molar-refractivity contribution in [3.63, 3.8) is 0 Å². The van der Waals surface area contributed by atoms with Crippen molar-refractivity contribution >= 4 is 54.6 Å². The highest BCUT2D eigenvalue weighted by atomic mass is 32.2. The van der Waals surface area contributed by atoms with E-state index in [2.05, 4.69) is 0 Å². The summed E-state index contributed by atoms with van der Waals surface area (Å²) in [6.45, 7) is -0.615. The highest BCUT2D eigenvalue weighted by Crippen LogP contribution is 2.37. The molecule has 0 aliphatic carbocycles. The first kappa shape index (κ1) is 23.9. The van der Waals surface area contributed by atoms with Gasteiger partial charge in [-0.05, 0) is 37.1 Å². The van der Waals surface area contributed by atoms with E-state index in [0.717, 1.165) is 9.80 Å². The molecule has 0 saturated heterocycles. The van der Waals surface area contributed by atoms with Crippen LogP contribution in [0.15, 0.2) is 24.3 Å². The lowest BCUT2D eigenvalue weighted by Crippen LogP contribution is -2.44. The van der Waals surface area contributed by atoms with Gasteiger partial charge in [0.1, 0.15) is 0 Å². The van der Waals surface area contributed by atoms with Crippen molar-refractivity contribution in [2.75, 3.05) is 24.6 Å². The van der Waals surface area contributed by atoms with E-state index in [1.165, 1.54) is 24.3 Å². The lowest BCUT2D eigenvalue weighted by atomic mass is 9.86. The Morgan fingerprint density at radius 1 is 0.559 bits per heavy atom. The molecule has 0 atom stereocenters. The zero-order valence-electron chi connectivity index (χ0n) is 17.3. The lowest BCUT2D eigenvalue weighted by molar-refractivity contribution is 0.0589. The van der Waals surface area contributed by atoms with Gasteiger partial charge < -0.3 is 9.11 Å². The first-order valence-electron chi connectivity index (χ1n) is 9.99. The first-order valence-corrected chi connectivity index (χ1v) is 13.1. The second kappa shape index (κ2) is 8.23. The topological polar surface area (TPSA) is 189 Å². The Morgan fingerprint density at radius 2 is 0.824 bits per heavy atom. The van der Waals surface area contributed by atoms with Crippen LogP contribution in [0, 0.1) is 0 Å². The van der Waals surface area contributed by atoms with Crippen molar-refractivity contribution in [2.45, 2.75) is 12.8 Å². The second-order valence-corrected chi connectivity index (χ2v) is 10.9. The van der Waals surface area contributed by atoms with Gasteiger partial charge in [0, 0.05) is 57.6 Å². The van der Waals surface area contributed by atoms with Crippen LogP contribution in [0.1, 0.15) is 54.3 Å². The van der Waals surface area contributed by atoms with Gasteiger partial charge in [-0.25, -0.2) is 16.8 Å². The summed E-state index contributed by atoms with van der Waals surface area (Å²) < 4.78 is 65.1. The molecule has 0 N–H and O–H groups in total. The number of imide groups is 2. The molecule has 12 nitrogen and oxygen atoms in total. The predicted molar refractivity (Wildman–Crippen MR) is 113 cm³/mol. The number of carbonyl (C=O) groups excluding carboxylic acids is 4. The molecular weight excluding hydrogens is 492 g/mol. The number of hydrogen-bond donors (Lipinski definition) is 0. The zero-order chi connectivity index (χ0) is 25.0. The van der Waals surface area contributed by atoms with Crippen LogP contribution < -0.4 is 0 Å². The Labute approximate surface area is 193 Å². The second-order valence-electron chi connectivity index (χ2n) is 7.83. The predicted octanol–water partition coefficient (Wildman–Crippen LogP) is -0.0976. The van der Waals surface area contributed by atoms with Crippen molar-refractivity contribution in [1.29, 1.82) is 0 Å². The maximum atomic E-state index is 13.0. The van der Waals surface area contributed by atoms with Gasteiger partial charge in [-0.1, -0.05) is 0 Å². The van der Waals surface area contributed by atoms with Crippen LogP contribution in [0.3, 0.4) is 0 Å². The van der Waals surface area contributed by atoms with E-state index < -0.39 is 55.4 Å². The van der Waals surface area contributed by atoms with Crippen LogP contribution >= 0.6 is 0 Å². The number of hydrogen-bond acceptors (Lipinski definition) is 10. The van der Waals surface area contributed by atoms with Crippen LogP contribution in [-0.2, 0) is 20.2 Å². The molecule has 0 aromatic heterocycles. The minimum atomic E-state index is -4.53. The molecule has 2 aliphatic rings. The van der Waals surface area contributed by atoms with E-state index in [0.29, 0.717) is 0 Å². The van der Waals surface area contributed by atoms with E-state index in [9.17, 15) is 45.1 Å². The van der Waals surface area contributed by atoms with E-state index in [1.807, 2.05) is 0 Å². The number of amides is 4. The SMILES string of the molecule is O=C1c2ccc3c4c(ccc(c24)C(=O)N1CCCS(=O)(=O)[O-])C(=O)N(CCCS(=O)(=O)[O-])C3=O. The molecule has 2 aromatic rings. The molecule has 2 aliphatic heterocycles. The lowest BCUT2D eigenvalue weighted by Gasteiger charge is -2.32. The number of carbonyl (C=O) groups is 4. The summed E-state index contributed by atoms with van der Waals surface area (Å²) in [7, 11) is -9.06. The van der Waals surface area contributed by atoms with Crippen LogP contribution in [0.5, 0.6) is 0 Å². The van der Waals surface area contributed by atoms with Gasteiger partial charge in [-0.2, -0.15) is 0 Å². The molecule has 2 aromatic carbocycles. The average molecular weight is 508 g/mol. The summed E-state index contributed by atoms with van der Waals surface area (Å²) in [5, 5.41) is 0.224. The third-order valence-corrected chi connectivity index (χ3v) is 7.19. The largest absolute Gasteiger partial charge is 0.748 e. The van der Waals surface area contributed by atoms with E-state index in [-0.39, 0.29) is 59.0 Å². The quantitative estimate of drug-likeness (QED) is 0.344. The Kier molecular flexibility index (Phi) is 5.80. The van der Waals surface area contributed by atoms with Crippen LogP contribution in [0.2, 0.25) is 0 Å². The molecule has 14 heteroatoms. The Morgan fingerprint density at radius 3 is 1.06 bits per heavy atom. The standard InChI is InChI=1S/C20H18N2O10S2/c23-17-11-3-5-13-16-14(20(26)22(19(13)25)8-2-10-34(30,31)32)6-4-12(15(11)16)18(24)21(17)7-1-9-33(27,28)29/h3-6H,1-2,7-10H2,(H,27,28,29)(H,30,31,32)/p-2. The molecule has 0 unspecified atom stereocenters. The van der Waals surface area contributed by atoms with E-state index in [1.54, 1.807) is 0 Å². The fourth-order valence-electron chi connectivity index (χ4n) is 4.18. The molecule has 4 rings (SSSR count). The minimum Gasteiger partial charge on any atom is -0.748 e. The molecule has 0 saturated carbocycles. The van der Waals surface area contributed by atoms with Gasteiger partial charge in [-0.3, -0.25) is 29.0 Å². The maximum Gasteiger partial charge on any atom is 0.261 e. The Hall–Kier alpha value is -3.20. The normalized spacial score (nSPS) is 16.1. The monoisotopic (exact) mass is 508 g/mol. The van der Waals surface area contributed by atoms with E-state index in [4.69, 9.17) is 0 Å². The number of benzene rings is 2. The van der Waals surface area contributed by atoms with Crippen molar-refractivity contribution in [3.8, 4) is 0 Å². The van der Waals surface area contributed by atoms with Crippen LogP contribution in [-0.4, -0.2) is 84.0 Å². The van der Waals surface area contributed by atoms with Gasteiger partial charge in [0.2, 0.25) is 0 Å².